The summed E-state index contributed by atoms with van der Waals surface area (Å²) in [6, 6.07) is 12.2. The van der Waals surface area contributed by atoms with Crippen LogP contribution in [0.3, 0.4) is 0 Å². The Kier molecular flexibility index (Phi) is 7.78. The molecule has 1 fully saturated rings. The Morgan fingerprint density at radius 1 is 1.11 bits per heavy atom. The fourth-order valence-electron chi connectivity index (χ4n) is 6.41. The standard InChI is InChI=1S/C33H38N2O3/c1-20(30(34)14-15-38-3)25-13-12-24-17-22(18-28(24)33(25)37)16-21-8-10-23(11-9-21)32(36)29-19-31(35-2)27-7-5-4-6-26(27)29/h4-7,12-13,17-19,21-23,31,34-35,37H,1,8-11,14-16H2,2-3H3. The average molecular weight is 511 g/mol. The number of hydrogen-bond donors (Lipinski definition) is 3. The SMILES string of the molecule is C=C(C(=N)CCOC)c1ccc2c(c1O)=CC(CC1CCC(C(=O)C3=CC(NC)c4ccccc43)CC1)C=2. The summed E-state index contributed by atoms with van der Waals surface area (Å²) >= 11 is 0. The van der Waals surface area contributed by atoms with Crippen LogP contribution >= 0.6 is 0 Å². The van der Waals surface area contributed by atoms with Crippen molar-refractivity contribution in [3.05, 3.63) is 76.2 Å². The summed E-state index contributed by atoms with van der Waals surface area (Å²) < 4.78 is 5.08. The van der Waals surface area contributed by atoms with E-state index in [-0.39, 0.29) is 23.6 Å². The zero-order valence-corrected chi connectivity index (χ0v) is 22.4. The highest BCUT2D eigenvalue weighted by Gasteiger charge is 2.33. The van der Waals surface area contributed by atoms with E-state index in [0.717, 1.165) is 53.7 Å². The number of carbonyl (C=O) groups excluding carboxylic acids is 1. The van der Waals surface area contributed by atoms with E-state index in [4.69, 9.17) is 10.1 Å². The lowest BCUT2D eigenvalue weighted by atomic mass is 9.75. The van der Waals surface area contributed by atoms with Crippen molar-refractivity contribution in [2.75, 3.05) is 20.8 Å². The van der Waals surface area contributed by atoms with Gasteiger partial charge in [-0.2, -0.15) is 0 Å². The molecule has 0 bridgehead atoms. The number of benzene rings is 2. The van der Waals surface area contributed by atoms with E-state index in [9.17, 15) is 9.90 Å². The normalized spacial score (nSPS) is 23.6. The highest BCUT2D eigenvalue weighted by molar-refractivity contribution is 6.23. The van der Waals surface area contributed by atoms with Gasteiger partial charge in [0.15, 0.2) is 5.78 Å². The van der Waals surface area contributed by atoms with Crippen molar-refractivity contribution in [3.8, 4) is 5.75 Å². The Hall–Kier alpha value is -3.28. The van der Waals surface area contributed by atoms with Crippen LogP contribution in [0, 0.1) is 23.2 Å². The highest BCUT2D eigenvalue weighted by atomic mass is 16.5. The number of aromatic hydroxyl groups is 1. The van der Waals surface area contributed by atoms with Gasteiger partial charge in [0, 0.05) is 41.5 Å². The molecule has 198 valence electrons. The maximum atomic E-state index is 13.5. The van der Waals surface area contributed by atoms with Gasteiger partial charge in [0.05, 0.1) is 12.6 Å². The second-order valence-electron chi connectivity index (χ2n) is 10.9. The maximum Gasteiger partial charge on any atom is 0.166 e. The third kappa shape index (κ3) is 5.05. The zero-order chi connectivity index (χ0) is 26.8. The smallest absolute Gasteiger partial charge is 0.166 e. The van der Waals surface area contributed by atoms with Crippen molar-refractivity contribution in [1.29, 1.82) is 5.41 Å². The van der Waals surface area contributed by atoms with Crippen LogP contribution in [0.2, 0.25) is 0 Å². The van der Waals surface area contributed by atoms with Crippen LogP contribution in [0.4, 0.5) is 0 Å². The van der Waals surface area contributed by atoms with Gasteiger partial charge >= 0.3 is 0 Å². The zero-order valence-electron chi connectivity index (χ0n) is 22.4. The fraction of sp³-hybridized carbons (Fsp3) is 0.394. The highest BCUT2D eigenvalue weighted by Crippen LogP contribution is 2.40. The second kappa shape index (κ2) is 11.2. The molecule has 5 nitrogen and oxygen atoms in total. The lowest BCUT2D eigenvalue weighted by Crippen LogP contribution is -2.23. The molecule has 0 aromatic heterocycles. The van der Waals surface area contributed by atoms with Crippen LogP contribution in [0.5, 0.6) is 5.75 Å². The molecule has 0 heterocycles. The van der Waals surface area contributed by atoms with Crippen molar-refractivity contribution in [2.45, 2.75) is 44.6 Å². The molecule has 3 aliphatic carbocycles. The van der Waals surface area contributed by atoms with Crippen molar-refractivity contribution in [1.82, 2.24) is 5.32 Å². The van der Waals surface area contributed by atoms with E-state index >= 15 is 0 Å². The number of methoxy groups -OCH3 is 1. The number of likely N-dealkylation sites (N-methyl/N-ethyl adjacent to an activating group) is 1. The number of fused-ring (bicyclic) bond motifs is 2. The maximum absolute atomic E-state index is 13.5. The van der Waals surface area contributed by atoms with E-state index in [0.29, 0.717) is 41.6 Å². The minimum Gasteiger partial charge on any atom is -0.507 e. The second-order valence-corrected chi connectivity index (χ2v) is 10.9. The number of hydrogen-bond acceptors (Lipinski definition) is 5. The number of ether oxygens (including phenoxy) is 1. The van der Waals surface area contributed by atoms with Crippen molar-refractivity contribution in [3.63, 3.8) is 0 Å². The molecule has 0 saturated heterocycles. The van der Waals surface area contributed by atoms with Crippen molar-refractivity contribution < 1.29 is 14.6 Å². The van der Waals surface area contributed by atoms with Crippen LogP contribution in [0.15, 0.2) is 49.1 Å². The quantitative estimate of drug-likeness (QED) is 0.402. The molecule has 2 aromatic rings. The summed E-state index contributed by atoms with van der Waals surface area (Å²) in [7, 11) is 3.56. The average Bonchev–Trinajstić information content (AvgIpc) is 3.53. The summed E-state index contributed by atoms with van der Waals surface area (Å²) in [6.45, 7) is 4.51. The van der Waals surface area contributed by atoms with Crippen molar-refractivity contribution in [2.24, 2.45) is 17.8 Å². The van der Waals surface area contributed by atoms with E-state index in [1.807, 2.05) is 31.3 Å². The first-order chi connectivity index (χ1) is 18.4. The number of allylic oxidation sites excluding steroid dienone is 2. The molecule has 1 saturated carbocycles. The Balaban J connectivity index is 1.21. The van der Waals surface area contributed by atoms with Crippen LogP contribution in [-0.4, -0.2) is 37.4 Å². The topological polar surface area (TPSA) is 82.4 Å². The molecule has 2 unspecified atom stereocenters. The lowest BCUT2D eigenvalue weighted by Gasteiger charge is -2.29. The molecule has 5 heteroatoms. The van der Waals surface area contributed by atoms with E-state index in [1.54, 1.807) is 7.11 Å². The summed E-state index contributed by atoms with van der Waals surface area (Å²) in [4.78, 5) is 13.5. The van der Waals surface area contributed by atoms with Crippen LogP contribution in [0.1, 0.15) is 61.3 Å². The molecule has 3 N–H and O–H groups in total. The molecule has 0 spiro atoms. The predicted octanol–water partition coefficient (Wildman–Crippen LogP) is 4.78. The van der Waals surface area contributed by atoms with Gasteiger partial charge < -0.3 is 20.6 Å². The first-order valence-corrected chi connectivity index (χ1v) is 13.8. The van der Waals surface area contributed by atoms with Gasteiger partial charge in [0.2, 0.25) is 0 Å². The largest absolute Gasteiger partial charge is 0.507 e. The Morgan fingerprint density at radius 2 is 1.87 bits per heavy atom. The number of rotatable bonds is 10. The first-order valence-electron chi connectivity index (χ1n) is 13.8. The molecule has 0 amide bonds. The Morgan fingerprint density at radius 3 is 2.61 bits per heavy atom. The summed E-state index contributed by atoms with van der Waals surface area (Å²) in [6.07, 6.45) is 12.0. The van der Waals surface area contributed by atoms with Gasteiger partial charge in [-0.3, -0.25) is 4.79 Å². The fourth-order valence-corrected chi connectivity index (χ4v) is 6.41. The molecule has 3 aliphatic rings. The van der Waals surface area contributed by atoms with Gasteiger partial charge in [-0.25, -0.2) is 0 Å². The first kappa shape index (κ1) is 26.3. The van der Waals surface area contributed by atoms with E-state index in [2.05, 4.69) is 42.3 Å². The van der Waals surface area contributed by atoms with Crippen LogP contribution < -0.4 is 15.8 Å². The lowest BCUT2D eigenvalue weighted by molar-refractivity contribution is -0.118. The predicted molar refractivity (Wildman–Crippen MR) is 154 cm³/mol. The van der Waals surface area contributed by atoms with Crippen molar-refractivity contribution >= 4 is 34.8 Å². The summed E-state index contributed by atoms with van der Waals surface area (Å²) in [5.41, 5.74) is 4.72. The third-order valence-electron chi connectivity index (χ3n) is 8.59. The Bertz CT molecular complexity index is 1410. The molecule has 0 radical (unpaired) electrons. The molecular weight excluding hydrogens is 472 g/mol. The van der Waals surface area contributed by atoms with E-state index < -0.39 is 0 Å². The van der Waals surface area contributed by atoms with Gasteiger partial charge in [-0.15, -0.1) is 0 Å². The molecule has 0 aliphatic heterocycles. The number of Topliss-reactive ketones (excluding diaryl/α,β-unsaturated/α-hetero) is 1. The minimum atomic E-state index is 0.0981. The molecular formula is C33H38N2O3. The third-order valence-corrected chi connectivity index (χ3v) is 8.59. The summed E-state index contributed by atoms with van der Waals surface area (Å²) in [5, 5.41) is 24.5. The van der Waals surface area contributed by atoms with Crippen LogP contribution in [0.25, 0.3) is 23.3 Å². The number of carbonyl (C=O) groups is 1. The van der Waals surface area contributed by atoms with Gasteiger partial charge in [-0.1, -0.05) is 55.1 Å². The Labute approximate surface area is 225 Å². The number of ketones is 1. The summed E-state index contributed by atoms with van der Waals surface area (Å²) in [5.74, 6) is 1.45. The molecule has 38 heavy (non-hydrogen) atoms. The number of phenols is 1. The van der Waals surface area contributed by atoms with E-state index in [1.165, 1.54) is 5.56 Å². The van der Waals surface area contributed by atoms with Crippen LogP contribution in [-0.2, 0) is 9.53 Å². The molecule has 2 aromatic carbocycles. The number of nitrogens with one attached hydrogen (secondary N) is 2. The molecule has 5 rings (SSSR count). The minimum absolute atomic E-state index is 0.0981. The molecule has 2 atom stereocenters. The number of phenolic OH excluding ortho intramolecular Hbond substituents is 1. The van der Waals surface area contributed by atoms with Gasteiger partial charge in [-0.05, 0) is 79.0 Å². The van der Waals surface area contributed by atoms with Gasteiger partial charge in [0.1, 0.15) is 5.75 Å². The van der Waals surface area contributed by atoms with Gasteiger partial charge in [0.25, 0.3) is 0 Å². The monoisotopic (exact) mass is 510 g/mol.